The fourth-order valence-electron chi connectivity index (χ4n) is 1.62. The van der Waals surface area contributed by atoms with Gasteiger partial charge >= 0.3 is 5.97 Å². The molecule has 0 atom stereocenters. The van der Waals surface area contributed by atoms with Crippen molar-refractivity contribution in [3.05, 3.63) is 41.6 Å². The van der Waals surface area contributed by atoms with Crippen LogP contribution in [0.3, 0.4) is 0 Å². The zero-order valence-corrected chi connectivity index (χ0v) is 10.1. The summed E-state index contributed by atoms with van der Waals surface area (Å²) in [6.45, 7) is 0. The minimum absolute atomic E-state index is 0.0784. The van der Waals surface area contributed by atoms with E-state index in [0.717, 1.165) is 0 Å². The lowest BCUT2D eigenvalue weighted by molar-refractivity contribution is 0.0698. The smallest absolute Gasteiger partial charge is 0.341 e. The van der Waals surface area contributed by atoms with Gasteiger partial charge in [0.15, 0.2) is 0 Å². The van der Waals surface area contributed by atoms with Crippen molar-refractivity contribution in [2.45, 2.75) is 0 Å². The lowest BCUT2D eigenvalue weighted by atomic mass is 10.1. The second kappa shape index (κ2) is 4.81. The van der Waals surface area contributed by atoms with Crippen LogP contribution in [0.2, 0.25) is 0 Å². The molecule has 1 amide bonds. The Hall–Kier alpha value is -2.83. The molecule has 0 aliphatic rings. The van der Waals surface area contributed by atoms with Crippen LogP contribution in [0.4, 0.5) is 11.5 Å². The predicted molar refractivity (Wildman–Crippen MR) is 69.0 cm³/mol. The summed E-state index contributed by atoms with van der Waals surface area (Å²) in [5, 5.41) is 15.3. The maximum Gasteiger partial charge on any atom is 0.341 e. The number of carbonyl (C=O) groups excluding carboxylic acids is 1. The highest BCUT2D eigenvalue weighted by Gasteiger charge is 2.18. The van der Waals surface area contributed by atoms with Gasteiger partial charge in [-0.15, -0.1) is 0 Å². The van der Waals surface area contributed by atoms with Gasteiger partial charge in [-0.25, -0.2) is 4.79 Å². The molecule has 0 aliphatic carbocycles. The zero-order chi connectivity index (χ0) is 14.0. The minimum Gasteiger partial charge on any atom is -0.477 e. The lowest BCUT2D eigenvalue weighted by Gasteiger charge is -2.08. The van der Waals surface area contributed by atoms with Crippen molar-refractivity contribution in [1.29, 1.82) is 0 Å². The first-order chi connectivity index (χ1) is 9.00. The normalized spacial score (nSPS) is 10.2. The summed E-state index contributed by atoms with van der Waals surface area (Å²) < 4.78 is 1.28. The van der Waals surface area contributed by atoms with Crippen molar-refractivity contribution >= 4 is 23.4 Å². The average Bonchev–Trinajstić information content (AvgIpc) is 2.71. The predicted octanol–water partition coefficient (Wildman–Crippen LogP) is 0.953. The van der Waals surface area contributed by atoms with Crippen LogP contribution < -0.4 is 11.1 Å². The van der Waals surface area contributed by atoms with Crippen molar-refractivity contribution in [2.75, 3.05) is 11.1 Å². The SMILES string of the molecule is Cn1ncc(C(=O)O)c1NC(=O)c1ccccc1N. The number of hydrogen-bond acceptors (Lipinski definition) is 4. The molecule has 7 nitrogen and oxygen atoms in total. The van der Waals surface area contributed by atoms with Crippen LogP contribution in [0, 0.1) is 0 Å². The van der Waals surface area contributed by atoms with Gasteiger partial charge in [-0.05, 0) is 12.1 Å². The molecule has 7 heteroatoms. The molecule has 1 aromatic carbocycles. The van der Waals surface area contributed by atoms with Gasteiger partial charge in [-0.1, -0.05) is 12.1 Å². The Kier molecular flexibility index (Phi) is 3.19. The van der Waals surface area contributed by atoms with Crippen molar-refractivity contribution in [3.63, 3.8) is 0 Å². The van der Waals surface area contributed by atoms with Crippen LogP contribution in [-0.4, -0.2) is 26.8 Å². The second-order valence-electron chi connectivity index (χ2n) is 3.88. The Morgan fingerprint density at radius 2 is 2.00 bits per heavy atom. The summed E-state index contributed by atoms with van der Waals surface area (Å²) in [4.78, 5) is 23.0. The fraction of sp³-hybridized carbons (Fsp3) is 0.0833. The van der Waals surface area contributed by atoms with Crippen LogP contribution in [0.5, 0.6) is 0 Å². The third-order valence-corrected chi connectivity index (χ3v) is 2.61. The third-order valence-electron chi connectivity index (χ3n) is 2.61. The maximum absolute atomic E-state index is 12.0. The van der Waals surface area contributed by atoms with E-state index < -0.39 is 11.9 Å². The van der Waals surface area contributed by atoms with Gasteiger partial charge in [0.05, 0.1) is 11.8 Å². The summed E-state index contributed by atoms with van der Waals surface area (Å²) in [5.41, 5.74) is 6.20. The quantitative estimate of drug-likeness (QED) is 0.712. The van der Waals surface area contributed by atoms with E-state index in [0.29, 0.717) is 5.69 Å². The minimum atomic E-state index is -1.16. The van der Waals surface area contributed by atoms with Crippen molar-refractivity contribution in [3.8, 4) is 0 Å². The number of carboxylic acids is 1. The van der Waals surface area contributed by atoms with Crippen molar-refractivity contribution in [2.24, 2.45) is 7.05 Å². The van der Waals surface area contributed by atoms with E-state index in [4.69, 9.17) is 10.8 Å². The molecule has 19 heavy (non-hydrogen) atoms. The van der Waals surface area contributed by atoms with E-state index >= 15 is 0 Å². The molecule has 98 valence electrons. The van der Waals surface area contributed by atoms with E-state index in [1.807, 2.05) is 0 Å². The Labute approximate surface area is 108 Å². The Bertz CT molecular complexity index is 648. The standard InChI is InChI=1S/C12H12N4O3/c1-16-10(8(6-14-16)12(18)19)15-11(17)7-4-2-3-5-9(7)13/h2-6H,13H2,1H3,(H,15,17)(H,18,19). The molecule has 0 fully saturated rings. The fourth-order valence-corrected chi connectivity index (χ4v) is 1.62. The molecule has 0 unspecified atom stereocenters. The summed E-state index contributed by atoms with van der Waals surface area (Å²) in [6.07, 6.45) is 1.17. The number of hydrogen-bond donors (Lipinski definition) is 3. The Balaban J connectivity index is 2.32. The molecule has 0 spiro atoms. The molecule has 2 rings (SSSR count). The molecule has 0 aliphatic heterocycles. The summed E-state index contributed by atoms with van der Waals surface area (Å²) in [6, 6.07) is 6.53. The highest BCUT2D eigenvalue weighted by Crippen LogP contribution is 2.17. The van der Waals surface area contributed by atoms with Gasteiger partial charge in [-0.3, -0.25) is 9.48 Å². The molecule has 0 saturated heterocycles. The van der Waals surface area contributed by atoms with Gasteiger partial charge in [-0.2, -0.15) is 5.10 Å². The molecule has 0 bridgehead atoms. The van der Waals surface area contributed by atoms with E-state index in [1.54, 1.807) is 24.3 Å². The first-order valence-corrected chi connectivity index (χ1v) is 5.42. The second-order valence-corrected chi connectivity index (χ2v) is 3.88. The number of carbonyl (C=O) groups is 2. The lowest BCUT2D eigenvalue weighted by Crippen LogP contribution is -2.18. The number of anilines is 2. The molecule has 1 heterocycles. The van der Waals surface area contributed by atoms with Crippen LogP contribution >= 0.6 is 0 Å². The summed E-state index contributed by atoms with van der Waals surface area (Å²) in [5.74, 6) is -1.53. The largest absolute Gasteiger partial charge is 0.477 e. The number of benzene rings is 1. The van der Waals surface area contributed by atoms with Gasteiger partial charge in [0.2, 0.25) is 0 Å². The number of carboxylic acid groups (broad SMARTS) is 1. The molecule has 4 N–H and O–H groups in total. The summed E-state index contributed by atoms with van der Waals surface area (Å²) >= 11 is 0. The zero-order valence-electron chi connectivity index (χ0n) is 10.1. The molecule has 1 aromatic heterocycles. The number of aromatic carboxylic acids is 1. The van der Waals surface area contributed by atoms with E-state index in [9.17, 15) is 9.59 Å². The highest BCUT2D eigenvalue weighted by molar-refractivity contribution is 6.09. The number of rotatable bonds is 3. The maximum atomic E-state index is 12.0. The Morgan fingerprint density at radius 3 is 2.63 bits per heavy atom. The molecule has 2 aromatic rings. The van der Waals surface area contributed by atoms with Gasteiger partial charge < -0.3 is 16.2 Å². The van der Waals surface area contributed by atoms with Crippen molar-refractivity contribution < 1.29 is 14.7 Å². The van der Waals surface area contributed by atoms with E-state index in [1.165, 1.54) is 17.9 Å². The number of nitrogens with one attached hydrogen (secondary N) is 1. The number of para-hydroxylation sites is 1. The number of aryl methyl sites for hydroxylation is 1. The number of nitrogens with two attached hydrogens (primary N) is 1. The monoisotopic (exact) mass is 260 g/mol. The first-order valence-electron chi connectivity index (χ1n) is 5.42. The van der Waals surface area contributed by atoms with Crippen LogP contribution in [0.25, 0.3) is 0 Å². The van der Waals surface area contributed by atoms with Gasteiger partial charge in [0, 0.05) is 12.7 Å². The molecule has 0 saturated carbocycles. The van der Waals surface area contributed by atoms with E-state index in [2.05, 4.69) is 10.4 Å². The number of amides is 1. The Morgan fingerprint density at radius 1 is 1.32 bits per heavy atom. The van der Waals surface area contributed by atoms with Crippen LogP contribution in [-0.2, 0) is 7.05 Å². The van der Waals surface area contributed by atoms with Crippen LogP contribution in [0.15, 0.2) is 30.5 Å². The topological polar surface area (TPSA) is 110 Å². The third kappa shape index (κ3) is 2.39. The highest BCUT2D eigenvalue weighted by atomic mass is 16.4. The number of nitrogens with zero attached hydrogens (tertiary/aromatic N) is 2. The molecule has 0 radical (unpaired) electrons. The van der Waals surface area contributed by atoms with Gasteiger partial charge in [0.1, 0.15) is 11.4 Å². The molecular formula is C12H12N4O3. The van der Waals surface area contributed by atoms with E-state index in [-0.39, 0.29) is 16.9 Å². The average molecular weight is 260 g/mol. The number of nitrogen functional groups attached to an aromatic ring is 1. The van der Waals surface area contributed by atoms with Crippen molar-refractivity contribution in [1.82, 2.24) is 9.78 Å². The number of aromatic nitrogens is 2. The summed E-state index contributed by atoms with van der Waals surface area (Å²) in [7, 11) is 1.54. The first kappa shape index (κ1) is 12.6. The van der Waals surface area contributed by atoms with Crippen LogP contribution in [0.1, 0.15) is 20.7 Å². The van der Waals surface area contributed by atoms with Gasteiger partial charge in [0.25, 0.3) is 5.91 Å². The molecular weight excluding hydrogens is 248 g/mol.